The van der Waals surface area contributed by atoms with Crippen LogP contribution in [0.15, 0.2) is 23.1 Å². The highest BCUT2D eigenvalue weighted by atomic mass is 32.2. The second-order valence-corrected chi connectivity index (χ2v) is 7.01. The van der Waals surface area contributed by atoms with Crippen LogP contribution in [0.1, 0.15) is 13.8 Å². The first-order valence-electron chi connectivity index (χ1n) is 7.00. The molecular weight excluding hydrogens is 290 g/mol. The second kappa shape index (κ2) is 7.63. The van der Waals surface area contributed by atoms with Gasteiger partial charge in [-0.2, -0.15) is 0 Å². The van der Waals surface area contributed by atoms with Gasteiger partial charge in [-0.05, 0) is 31.3 Å². The summed E-state index contributed by atoms with van der Waals surface area (Å²) >= 11 is 0. The fourth-order valence-electron chi connectivity index (χ4n) is 1.85. The quantitative estimate of drug-likeness (QED) is 0.731. The lowest BCUT2D eigenvalue weighted by molar-refractivity contribution is 0.223. The summed E-state index contributed by atoms with van der Waals surface area (Å²) in [7, 11) is -0.496. The summed E-state index contributed by atoms with van der Waals surface area (Å²) in [6, 6.07) is 4.55. The monoisotopic (exact) mass is 315 g/mol. The molecule has 0 unspecified atom stereocenters. The van der Waals surface area contributed by atoms with E-state index in [-0.39, 0.29) is 4.90 Å². The molecule has 120 valence electrons. The third kappa shape index (κ3) is 4.59. The van der Waals surface area contributed by atoms with Crippen LogP contribution in [0.5, 0.6) is 5.75 Å². The molecule has 0 aliphatic rings. The van der Waals surface area contributed by atoms with Crippen LogP contribution in [0.25, 0.3) is 0 Å². The van der Waals surface area contributed by atoms with Gasteiger partial charge in [0.2, 0.25) is 10.0 Å². The molecule has 0 fully saturated rings. The van der Waals surface area contributed by atoms with E-state index in [1.54, 1.807) is 6.07 Å². The Bertz CT molecular complexity index is 555. The molecule has 0 heterocycles. The van der Waals surface area contributed by atoms with Gasteiger partial charge in [0.15, 0.2) is 0 Å². The largest absolute Gasteiger partial charge is 0.490 e. The van der Waals surface area contributed by atoms with E-state index in [2.05, 4.69) is 18.7 Å². The summed E-state index contributed by atoms with van der Waals surface area (Å²) in [5.74, 6) is 0.514. The van der Waals surface area contributed by atoms with Gasteiger partial charge < -0.3 is 15.4 Å². The average molecular weight is 315 g/mol. The van der Waals surface area contributed by atoms with Crippen LogP contribution in [-0.2, 0) is 10.0 Å². The van der Waals surface area contributed by atoms with Gasteiger partial charge in [-0.25, -0.2) is 12.7 Å². The van der Waals surface area contributed by atoms with Crippen molar-refractivity contribution in [2.24, 2.45) is 0 Å². The van der Waals surface area contributed by atoms with Crippen molar-refractivity contribution in [1.82, 2.24) is 9.21 Å². The van der Waals surface area contributed by atoms with Gasteiger partial charge in [0.1, 0.15) is 12.4 Å². The van der Waals surface area contributed by atoms with Crippen molar-refractivity contribution in [3.05, 3.63) is 18.2 Å². The Hall–Kier alpha value is -1.31. The first-order valence-corrected chi connectivity index (χ1v) is 8.44. The number of benzene rings is 1. The van der Waals surface area contributed by atoms with E-state index in [9.17, 15) is 8.42 Å². The van der Waals surface area contributed by atoms with Crippen LogP contribution >= 0.6 is 0 Å². The topological polar surface area (TPSA) is 75.9 Å². The van der Waals surface area contributed by atoms with Gasteiger partial charge in [0.25, 0.3) is 0 Å². The Morgan fingerprint density at radius 2 is 1.81 bits per heavy atom. The first-order chi connectivity index (χ1) is 9.82. The maximum Gasteiger partial charge on any atom is 0.242 e. The fraction of sp³-hybridized carbons (Fsp3) is 0.571. The molecule has 7 heteroatoms. The molecule has 0 amide bonds. The van der Waals surface area contributed by atoms with Crippen LogP contribution in [0.2, 0.25) is 0 Å². The average Bonchev–Trinajstić information content (AvgIpc) is 2.44. The van der Waals surface area contributed by atoms with Gasteiger partial charge >= 0.3 is 0 Å². The highest BCUT2D eigenvalue weighted by Gasteiger charge is 2.18. The number of hydrogen-bond acceptors (Lipinski definition) is 5. The minimum atomic E-state index is -3.47. The third-order valence-corrected chi connectivity index (χ3v) is 5.13. The molecule has 21 heavy (non-hydrogen) atoms. The van der Waals surface area contributed by atoms with Gasteiger partial charge in [-0.1, -0.05) is 13.8 Å². The van der Waals surface area contributed by atoms with E-state index < -0.39 is 10.0 Å². The normalized spacial score (nSPS) is 12.1. The Kier molecular flexibility index (Phi) is 6.44. The summed E-state index contributed by atoms with van der Waals surface area (Å²) in [5, 5.41) is 0. The zero-order chi connectivity index (χ0) is 16.0. The lowest BCUT2D eigenvalue weighted by Gasteiger charge is -2.19. The number of ether oxygens (including phenoxy) is 1. The number of nitrogens with zero attached hydrogens (tertiary/aromatic N) is 2. The SMILES string of the molecule is CCN(CC)CCOc1ccc(S(=O)(=O)N(C)C)cc1N. The number of nitrogen functional groups attached to an aromatic ring is 1. The van der Waals surface area contributed by atoms with Crippen molar-refractivity contribution in [3.8, 4) is 5.75 Å². The van der Waals surface area contributed by atoms with E-state index in [1.165, 1.54) is 26.2 Å². The van der Waals surface area contributed by atoms with Gasteiger partial charge in [-0.15, -0.1) is 0 Å². The Balaban J connectivity index is 2.76. The zero-order valence-electron chi connectivity index (χ0n) is 13.2. The predicted molar refractivity (Wildman–Crippen MR) is 85.0 cm³/mol. The zero-order valence-corrected chi connectivity index (χ0v) is 14.0. The molecule has 1 rings (SSSR count). The number of hydrogen-bond donors (Lipinski definition) is 1. The summed E-state index contributed by atoms with van der Waals surface area (Å²) in [6.07, 6.45) is 0. The van der Waals surface area contributed by atoms with Crippen LogP contribution < -0.4 is 10.5 Å². The predicted octanol–water partition coefficient (Wildman–Crippen LogP) is 1.24. The minimum Gasteiger partial charge on any atom is -0.490 e. The minimum absolute atomic E-state index is 0.168. The molecule has 6 nitrogen and oxygen atoms in total. The molecule has 0 atom stereocenters. The molecule has 2 N–H and O–H groups in total. The number of likely N-dealkylation sites (N-methyl/N-ethyl adjacent to an activating group) is 1. The number of sulfonamides is 1. The molecule has 0 saturated heterocycles. The van der Waals surface area contributed by atoms with Gasteiger partial charge in [-0.3, -0.25) is 0 Å². The van der Waals surface area contributed by atoms with Crippen molar-refractivity contribution in [1.29, 1.82) is 0 Å². The Morgan fingerprint density at radius 3 is 2.29 bits per heavy atom. The van der Waals surface area contributed by atoms with Crippen molar-refractivity contribution in [3.63, 3.8) is 0 Å². The standard InChI is InChI=1S/C14H25N3O3S/c1-5-17(6-2)9-10-20-14-8-7-12(11-13(14)15)21(18,19)16(3)4/h7-8,11H,5-6,9-10,15H2,1-4H3. The third-order valence-electron chi connectivity index (χ3n) is 3.32. The molecule has 0 spiro atoms. The van der Waals surface area contributed by atoms with E-state index in [4.69, 9.17) is 10.5 Å². The van der Waals surface area contributed by atoms with Gasteiger partial charge in [0.05, 0.1) is 10.6 Å². The Morgan fingerprint density at radius 1 is 1.19 bits per heavy atom. The number of rotatable bonds is 8. The number of nitrogens with two attached hydrogens (primary N) is 1. The highest BCUT2D eigenvalue weighted by molar-refractivity contribution is 7.89. The van der Waals surface area contributed by atoms with E-state index >= 15 is 0 Å². The molecule has 1 aromatic carbocycles. The number of anilines is 1. The van der Waals surface area contributed by atoms with Crippen molar-refractivity contribution < 1.29 is 13.2 Å². The van der Waals surface area contributed by atoms with Crippen molar-refractivity contribution in [2.45, 2.75) is 18.7 Å². The highest BCUT2D eigenvalue weighted by Crippen LogP contribution is 2.25. The lowest BCUT2D eigenvalue weighted by atomic mass is 10.3. The van der Waals surface area contributed by atoms with Crippen LogP contribution in [0.3, 0.4) is 0 Å². The smallest absolute Gasteiger partial charge is 0.242 e. The van der Waals surface area contributed by atoms with Crippen LogP contribution in [-0.4, -0.2) is 58.0 Å². The maximum absolute atomic E-state index is 12.0. The molecular formula is C14H25N3O3S. The lowest BCUT2D eigenvalue weighted by Crippen LogP contribution is -2.28. The summed E-state index contributed by atoms with van der Waals surface area (Å²) in [4.78, 5) is 2.40. The summed E-state index contributed by atoms with van der Waals surface area (Å²) < 4.78 is 30.8. The maximum atomic E-state index is 12.0. The summed E-state index contributed by atoms with van der Waals surface area (Å²) in [5.41, 5.74) is 6.21. The van der Waals surface area contributed by atoms with Crippen LogP contribution in [0, 0.1) is 0 Å². The van der Waals surface area contributed by atoms with Crippen molar-refractivity contribution in [2.75, 3.05) is 46.1 Å². The van der Waals surface area contributed by atoms with Gasteiger partial charge in [0, 0.05) is 20.6 Å². The molecule has 0 saturated carbocycles. The summed E-state index contributed by atoms with van der Waals surface area (Å²) in [6.45, 7) is 7.46. The molecule has 0 bridgehead atoms. The first kappa shape index (κ1) is 17.7. The van der Waals surface area contributed by atoms with Crippen LogP contribution in [0.4, 0.5) is 5.69 Å². The molecule has 1 aromatic rings. The van der Waals surface area contributed by atoms with Crippen molar-refractivity contribution >= 4 is 15.7 Å². The Labute approximate surface area is 127 Å². The molecule has 0 aromatic heterocycles. The molecule has 0 aliphatic heterocycles. The van der Waals surface area contributed by atoms with E-state index in [0.717, 1.165) is 23.9 Å². The fourth-order valence-corrected chi connectivity index (χ4v) is 2.79. The molecule has 0 aliphatic carbocycles. The van der Waals surface area contributed by atoms with E-state index in [0.29, 0.717) is 18.0 Å². The van der Waals surface area contributed by atoms with E-state index in [1.807, 2.05) is 0 Å². The molecule has 0 radical (unpaired) electrons. The second-order valence-electron chi connectivity index (χ2n) is 4.86.